The molecule has 0 radical (unpaired) electrons. The number of carbonyl (C=O) groups is 1. The van der Waals surface area contributed by atoms with Crippen molar-refractivity contribution in [3.05, 3.63) is 64.9 Å². The van der Waals surface area contributed by atoms with Crippen LogP contribution in [0.2, 0.25) is 0 Å². The Hall–Kier alpha value is -3.36. The molecule has 1 amide bonds. The largest absolute Gasteiger partial charge is 0.491 e. The van der Waals surface area contributed by atoms with Crippen molar-refractivity contribution in [1.29, 1.82) is 0 Å². The molecule has 36 heavy (non-hydrogen) atoms. The molecule has 1 saturated heterocycles. The molecule has 1 aliphatic rings. The number of amides is 1. The number of aliphatic imine (C=N–C) groups is 1. The fraction of sp³-hybridized carbons (Fsp3) is 0.429. The highest BCUT2D eigenvalue weighted by Gasteiger charge is 2.19. The lowest BCUT2D eigenvalue weighted by atomic mass is 9.99. The first-order chi connectivity index (χ1) is 17.4. The van der Waals surface area contributed by atoms with Crippen LogP contribution in [0.25, 0.3) is 5.57 Å². The van der Waals surface area contributed by atoms with Crippen molar-refractivity contribution in [3.8, 4) is 5.75 Å². The van der Waals surface area contributed by atoms with Crippen molar-refractivity contribution in [2.45, 2.75) is 19.9 Å². The average molecular weight is 494 g/mol. The Morgan fingerprint density at radius 1 is 1.17 bits per heavy atom. The first-order valence-electron chi connectivity index (χ1n) is 12.3. The van der Waals surface area contributed by atoms with Crippen molar-refractivity contribution in [2.24, 2.45) is 10.7 Å². The molecule has 2 aromatic carbocycles. The molecule has 0 bridgehead atoms. The number of allylic oxidation sites excluding steroid dienone is 1. The minimum Gasteiger partial charge on any atom is -0.491 e. The normalized spacial score (nSPS) is 15.8. The van der Waals surface area contributed by atoms with E-state index in [9.17, 15) is 4.79 Å². The van der Waals surface area contributed by atoms with Crippen molar-refractivity contribution >= 4 is 23.4 Å². The fourth-order valence-corrected chi connectivity index (χ4v) is 4.19. The highest BCUT2D eigenvalue weighted by atomic mass is 16.5. The number of benzene rings is 2. The standard InChI is InChI=1S/C28H39N5O3/c1-20-6-7-25(33-10-8-32(4)9-11-33)17-27(20)28(34)31-21(2)22-14-23(24(18-29)19-30-3)16-26(15-22)36-13-12-35-5/h6-7,14-19,21H,8-13,29H2,1-5H3,(H,31,34)/b24-18+,30-19?/t21-/m1/s1. The first-order valence-corrected chi connectivity index (χ1v) is 12.3. The highest BCUT2D eigenvalue weighted by Crippen LogP contribution is 2.27. The van der Waals surface area contributed by atoms with E-state index in [1.54, 1.807) is 20.4 Å². The molecule has 1 atom stereocenters. The van der Waals surface area contributed by atoms with Crippen LogP contribution in [0.4, 0.5) is 5.69 Å². The molecule has 3 N–H and O–H groups in total. The van der Waals surface area contributed by atoms with E-state index < -0.39 is 0 Å². The van der Waals surface area contributed by atoms with Gasteiger partial charge in [-0.05, 0) is 67.9 Å². The summed E-state index contributed by atoms with van der Waals surface area (Å²) in [5.74, 6) is 0.575. The van der Waals surface area contributed by atoms with Gasteiger partial charge in [-0.25, -0.2) is 0 Å². The molecule has 0 unspecified atom stereocenters. The van der Waals surface area contributed by atoms with Gasteiger partial charge < -0.3 is 30.3 Å². The Bertz CT molecular complexity index is 1090. The van der Waals surface area contributed by atoms with Gasteiger partial charge in [0.2, 0.25) is 0 Å². The molecule has 1 fully saturated rings. The second-order valence-electron chi connectivity index (χ2n) is 9.13. The molecule has 2 aromatic rings. The number of nitrogens with two attached hydrogens (primary N) is 1. The lowest BCUT2D eigenvalue weighted by molar-refractivity contribution is 0.0939. The lowest BCUT2D eigenvalue weighted by Crippen LogP contribution is -2.44. The van der Waals surface area contributed by atoms with Crippen molar-refractivity contribution in [3.63, 3.8) is 0 Å². The number of carbonyl (C=O) groups excluding carboxylic acids is 1. The molecule has 0 spiro atoms. The summed E-state index contributed by atoms with van der Waals surface area (Å²) in [6.07, 6.45) is 3.22. The zero-order valence-corrected chi connectivity index (χ0v) is 22.1. The van der Waals surface area contributed by atoms with Gasteiger partial charge in [0.15, 0.2) is 0 Å². The van der Waals surface area contributed by atoms with Gasteiger partial charge in [0.25, 0.3) is 5.91 Å². The number of anilines is 1. The van der Waals surface area contributed by atoms with Gasteiger partial charge in [-0.15, -0.1) is 0 Å². The third-order valence-electron chi connectivity index (χ3n) is 6.45. The second kappa shape index (κ2) is 13.1. The zero-order chi connectivity index (χ0) is 26.1. The summed E-state index contributed by atoms with van der Waals surface area (Å²) >= 11 is 0. The van der Waals surface area contributed by atoms with E-state index in [1.807, 2.05) is 44.2 Å². The number of ether oxygens (including phenoxy) is 2. The summed E-state index contributed by atoms with van der Waals surface area (Å²) in [5.41, 5.74) is 11.1. The number of nitrogens with zero attached hydrogens (tertiary/aromatic N) is 3. The number of aryl methyl sites for hydroxylation is 1. The maximum atomic E-state index is 13.4. The average Bonchev–Trinajstić information content (AvgIpc) is 2.88. The zero-order valence-electron chi connectivity index (χ0n) is 22.1. The van der Waals surface area contributed by atoms with E-state index in [2.05, 4.69) is 33.2 Å². The summed E-state index contributed by atoms with van der Waals surface area (Å²) in [6, 6.07) is 11.7. The number of likely N-dealkylation sites (N-methyl/N-ethyl adjacent to an activating group) is 1. The van der Waals surface area contributed by atoms with E-state index in [4.69, 9.17) is 15.2 Å². The summed E-state index contributed by atoms with van der Waals surface area (Å²) < 4.78 is 11.0. The van der Waals surface area contributed by atoms with E-state index in [1.165, 1.54) is 6.20 Å². The Morgan fingerprint density at radius 3 is 2.58 bits per heavy atom. The van der Waals surface area contributed by atoms with Gasteiger partial charge in [0.1, 0.15) is 12.4 Å². The molecule has 0 aromatic heterocycles. The van der Waals surface area contributed by atoms with Crippen LogP contribution in [0.15, 0.2) is 47.6 Å². The quantitative estimate of drug-likeness (QED) is 0.390. The van der Waals surface area contributed by atoms with Gasteiger partial charge >= 0.3 is 0 Å². The van der Waals surface area contributed by atoms with Gasteiger partial charge in [0.05, 0.1) is 12.6 Å². The summed E-state index contributed by atoms with van der Waals surface area (Å²) in [5, 5.41) is 3.17. The third kappa shape index (κ3) is 7.08. The molecular weight excluding hydrogens is 454 g/mol. The molecule has 1 heterocycles. The molecular formula is C28H39N5O3. The predicted molar refractivity (Wildman–Crippen MR) is 147 cm³/mol. The number of piperazine rings is 1. The van der Waals surface area contributed by atoms with Gasteiger partial charge in [0, 0.05) is 69.6 Å². The number of hydrogen-bond donors (Lipinski definition) is 2. The number of hydrogen-bond acceptors (Lipinski definition) is 7. The third-order valence-corrected chi connectivity index (χ3v) is 6.45. The van der Waals surface area contributed by atoms with Gasteiger partial charge in [-0.2, -0.15) is 0 Å². The van der Waals surface area contributed by atoms with Crippen LogP contribution in [0.5, 0.6) is 5.75 Å². The van der Waals surface area contributed by atoms with E-state index in [-0.39, 0.29) is 11.9 Å². The van der Waals surface area contributed by atoms with E-state index in [0.29, 0.717) is 24.5 Å². The Kier molecular flexibility index (Phi) is 9.90. The van der Waals surface area contributed by atoms with Crippen LogP contribution in [-0.4, -0.2) is 77.6 Å². The molecule has 1 aliphatic heterocycles. The van der Waals surface area contributed by atoms with E-state index >= 15 is 0 Å². The molecule has 8 nitrogen and oxygen atoms in total. The highest BCUT2D eigenvalue weighted by molar-refractivity contribution is 6.09. The van der Waals surface area contributed by atoms with Crippen molar-refractivity contribution in [1.82, 2.24) is 10.2 Å². The monoisotopic (exact) mass is 493 g/mol. The number of rotatable bonds is 10. The summed E-state index contributed by atoms with van der Waals surface area (Å²) in [6.45, 7) is 8.76. The maximum Gasteiger partial charge on any atom is 0.252 e. The van der Waals surface area contributed by atoms with Crippen LogP contribution in [0.3, 0.4) is 0 Å². The summed E-state index contributed by atoms with van der Waals surface area (Å²) in [4.78, 5) is 22.1. The number of methoxy groups -OCH3 is 1. The fourth-order valence-electron chi connectivity index (χ4n) is 4.19. The van der Waals surface area contributed by atoms with Gasteiger partial charge in [-0.1, -0.05) is 6.07 Å². The SMILES string of the molecule is CN=C/C(=C\N)c1cc(OCCOC)cc([C@@H](C)NC(=O)c2cc(N3CCN(C)CC3)ccc2C)c1. The minimum atomic E-state index is -0.258. The Morgan fingerprint density at radius 2 is 1.92 bits per heavy atom. The molecule has 8 heteroatoms. The predicted octanol–water partition coefficient (Wildman–Crippen LogP) is 3.26. The van der Waals surface area contributed by atoms with Crippen LogP contribution in [0, 0.1) is 6.92 Å². The van der Waals surface area contributed by atoms with Crippen LogP contribution in [-0.2, 0) is 4.74 Å². The van der Waals surface area contributed by atoms with Crippen LogP contribution >= 0.6 is 0 Å². The van der Waals surface area contributed by atoms with Crippen LogP contribution < -0.4 is 20.7 Å². The van der Waals surface area contributed by atoms with Crippen LogP contribution in [0.1, 0.15) is 40.0 Å². The Labute approximate surface area is 214 Å². The Balaban J connectivity index is 1.83. The maximum absolute atomic E-state index is 13.4. The topological polar surface area (TPSA) is 92.4 Å². The molecule has 194 valence electrons. The minimum absolute atomic E-state index is 0.104. The van der Waals surface area contributed by atoms with Crippen molar-refractivity contribution < 1.29 is 14.3 Å². The number of nitrogens with one attached hydrogen (secondary N) is 1. The van der Waals surface area contributed by atoms with Crippen molar-refractivity contribution in [2.75, 3.05) is 65.5 Å². The smallest absolute Gasteiger partial charge is 0.252 e. The van der Waals surface area contributed by atoms with Gasteiger partial charge in [-0.3, -0.25) is 9.79 Å². The second-order valence-corrected chi connectivity index (χ2v) is 9.13. The summed E-state index contributed by atoms with van der Waals surface area (Å²) in [7, 11) is 5.47. The van der Waals surface area contributed by atoms with E-state index in [0.717, 1.165) is 54.1 Å². The molecule has 3 rings (SSSR count). The lowest BCUT2D eigenvalue weighted by Gasteiger charge is -2.34. The molecule has 0 aliphatic carbocycles. The first kappa shape index (κ1) is 27.2. The molecule has 0 saturated carbocycles.